The number of piperidine rings is 1. The van der Waals surface area contributed by atoms with Crippen LogP contribution in [0.2, 0.25) is 10.2 Å². The zero-order valence-corrected chi connectivity index (χ0v) is 18.4. The molecule has 0 N–H and O–H groups in total. The highest BCUT2D eigenvalue weighted by Crippen LogP contribution is 2.39. The number of benzene rings is 1. The van der Waals surface area contributed by atoms with E-state index < -0.39 is 11.7 Å². The quantitative estimate of drug-likeness (QED) is 0.413. The van der Waals surface area contributed by atoms with Crippen LogP contribution in [0, 0.1) is 0 Å². The maximum atomic E-state index is 12.9. The number of hydrogen-bond acceptors (Lipinski definition) is 5. The average Bonchev–Trinajstić information content (AvgIpc) is 3.34. The van der Waals surface area contributed by atoms with Crippen molar-refractivity contribution in [2.24, 2.45) is 0 Å². The fraction of sp³-hybridized carbons (Fsp3) is 0.316. The maximum Gasteiger partial charge on any atom is 0.416 e. The van der Waals surface area contributed by atoms with Crippen LogP contribution in [0.3, 0.4) is 0 Å². The SMILES string of the molecule is O=C(c1cccc(C(F)(F)F)c1)N1CCC(c2nc(-c3snc(Cl)c3Cl)cs2)CC1. The molecular formula is C19H14Cl2F3N3OS2. The molecule has 0 radical (unpaired) electrons. The Bertz CT molecular complexity index is 1080. The monoisotopic (exact) mass is 491 g/mol. The van der Waals surface area contributed by atoms with E-state index in [-0.39, 0.29) is 22.5 Å². The van der Waals surface area contributed by atoms with Gasteiger partial charge in [-0.05, 0) is 42.6 Å². The molecular weight excluding hydrogens is 478 g/mol. The molecule has 1 aromatic carbocycles. The predicted octanol–water partition coefficient (Wildman–Crippen LogP) is 6.61. The Morgan fingerprint density at radius 1 is 1.20 bits per heavy atom. The molecule has 1 aliphatic heterocycles. The van der Waals surface area contributed by atoms with Crippen molar-refractivity contribution in [3.63, 3.8) is 0 Å². The van der Waals surface area contributed by atoms with Gasteiger partial charge in [0, 0.05) is 30.0 Å². The molecule has 11 heteroatoms. The number of alkyl halides is 3. The molecule has 158 valence electrons. The highest BCUT2D eigenvalue weighted by atomic mass is 35.5. The molecule has 3 heterocycles. The van der Waals surface area contributed by atoms with Gasteiger partial charge in [0.25, 0.3) is 5.91 Å². The third kappa shape index (κ3) is 4.34. The van der Waals surface area contributed by atoms with Gasteiger partial charge in [0.15, 0.2) is 5.15 Å². The van der Waals surface area contributed by atoms with E-state index in [0.717, 1.165) is 27.7 Å². The number of nitrogens with zero attached hydrogens (tertiary/aromatic N) is 3. The third-order valence-electron chi connectivity index (χ3n) is 4.92. The van der Waals surface area contributed by atoms with Crippen LogP contribution < -0.4 is 0 Å². The second-order valence-electron chi connectivity index (χ2n) is 6.83. The van der Waals surface area contributed by atoms with E-state index in [1.165, 1.54) is 35.0 Å². The zero-order valence-electron chi connectivity index (χ0n) is 15.2. The predicted molar refractivity (Wildman–Crippen MR) is 113 cm³/mol. The van der Waals surface area contributed by atoms with Crippen LogP contribution in [-0.4, -0.2) is 33.3 Å². The summed E-state index contributed by atoms with van der Waals surface area (Å²) in [5.74, 6) is -0.207. The lowest BCUT2D eigenvalue weighted by Crippen LogP contribution is -2.38. The number of halogens is 5. The van der Waals surface area contributed by atoms with Gasteiger partial charge >= 0.3 is 6.18 Å². The van der Waals surface area contributed by atoms with Crippen LogP contribution in [0.25, 0.3) is 10.6 Å². The topological polar surface area (TPSA) is 46.1 Å². The second kappa shape index (κ2) is 8.45. The van der Waals surface area contributed by atoms with Gasteiger partial charge in [0.05, 0.1) is 26.2 Å². The van der Waals surface area contributed by atoms with Crippen LogP contribution in [0.5, 0.6) is 0 Å². The normalized spacial score (nSPS) is 15.6. The van der Waals surface area contributed by atoms with Crippen molar-refractivity contribution < 1.29 is 18.0 Å². The summed E-state index contributed by atoms with van der Waals surface area (Å²) in [5, 5.41) is 3.50. The molecule has 2 aromatic heterocycles. The Hall–Kier alpha value is -1.68. The summed E-state index contributed by atoms with van der Waals surface area (Å²) in [6, 6.07) is 4.55. The second-order valence-corrected chi connectivity index (χ2v) is 9.23. The summed E-state index contributed by atoms with van der Waals surface area (Å²) in [6.45, 7) is 0.920. The molecule has 0 aliphatic carbocycles. The molecule has 0 atom stereocenters. The Labute approximate surface area is 188 Å². The molecule has 1 fully saturated rings. The molecule has 1 amide bonds. The third-order valence-corrected chi connectivity index (χ3v) is 7.75. The first-order chi connectivity index (χ1) is 14.2. The highest BCUT2D eigenvalue weighted by molar-refractivity contribution is 7.12. The van der Waals surface area contributed by atoms with Gasteiger partial charge < -0.3 is 4.90 Å². The Kier molecular flexibility index (Phi) is 6.07. The lowest BCUT2D eigenvalue weighted by atomic mass is 9.96. The van der Waals surface area contributed by atoms with Crippen molar-refractivity contribution in [1.82, 2.24) is 14.3 Å². The molecule has 30 heavy (non-hydrogen) atoms. The van der Waals surface area contributed by atoms with Crippen molar-refractivity contribution in [1.29, 1.82) is 0 Å². The molecule has 3 aromatic rings. The molecule has 0 saturated carbocycles. The van der Waals surface area contributed by atoms with Gasteiger partial charge in [0.2, 0.25) is 0 Å². The number of rotatable bonds is 3. The Morgan fingerprint density at radius 2 is 1.93 bits per heavy atom. The average molecular weight is 492 g/mol. The maximum absolute atomic E-state index is 12.9. The van der Waals surface area contributed by atoms with Gasteiger partial charge in [-0.15, -0.1) is 11.3 Å². The smallest absolute Gasteiger partial charge is 0.339 e. The summed E-state index contributed by atoms with van der Waals surface area (Å²) >= 11 is 14.8. The number of thiazole rings is 1. The van der Waals surface area contributed by atoms with Crippen LogP contribution in [0.4, 0.5) is 13.2 Å². The standard InChI is InChI=1S/C19H14Cl2F3N3OS2/c20-14-15(30-26-16(14)21)13-9-29-17(25-13)10-4-6-27(7-5-10)18(28)11-2-1-3-12(8-11)19(22,23)24/h1-3,8-10H,4-7H2. The Balaban J connectivity index is 1.42. The number of aromatic nitrogens is 2. The van der Waals surface area contributed by atoms with Gasteiger partial charge in [-0.3, -0.25) is 4.79 Å². The highest BCUT2D eigenvalue weighted by Gasteiger charge is 2.32. The minimum absolute atomic E-state index is 0.0523. The van der Waals surface area contributed by atoms with E-state index >= 15 is 0 Å². The van der Waals surface area contributed by atoms with Gasteiger partial charge in [-0.25, -0.2) is 4.98 Å². The summed E-state index contributed by atoms with van der Waals surface area (Å²) in [7, 11) is 0. The van der Waals surface area contributed by atoms with Crippen molar-refractivity contribution in [3.05, 3.63) is 56.0 Å². The summed E-state index contributed by atoms with van der Waals surface area (Å²) in [5.41, 5.74) is -0.0382. The van der Waals surface area contributed by atoms with Crippen molar-refractivity contribution in [2.75, 3.05) is 13.1 Å². The van der Waals surface area contributed by atoms with Crippen molar-refractivity contribution in [3.8, 4) is 10.6 Å². The Morgan fingerprint density at radius 3 is 2.57 bits per heavy atom. The van der Waals surface area contributed by atoms with E-state index in [1.54, 1.807) is 4.90 Å². The molecule has 4 nitrogen and oxygen atoms in total. The number of carbonyl (C=O) groups excluding carboxylic acids is 1. The summed E-state index contributed by atoms with van der Waals surface area (Å²) in [4.78, 5) is 19.6. The van der Waals surface area contributed by atoms with E-state index in [2.05, 4.69) is 9.36 Å². The van der Waals surface area contributed by atoms with Crippen LogP contribution in [0.1, 0.15) is 39.7 Å². The van der Waals surface area contributed by atoms with Crippen LogP contribution in [-0.2, 0) is 6.18 Å². The molecule has 0 bridgehead atoms. The van der Waals surface area contributed by atoms with E-state index in [9.17, 15) is 18.0 Å². The van der Waals surface area contributed by atoms with E-state index in [0.29, 0.717) is 31.0 Å². The first kappa shape index (κ1) is 21.5. The largest absolute Gasteiger partial charge is 0.416 e. The minimum Gasteiger partial charge on any atom is -0.339 e. The minimum atomic E-state index is -4.48. The number of amides is 1. The van der Waals surface area contributed by atoms with Crippen LogP contribution in [0.15, 0.2) is 29.6 Å². The van der Waals surface area contributed by atoms with E-state index in [4.69, 9.17) is 23.2 Å². The first-order valence-corrected chi connectivity index (χ1v) is 11.4. The fourth-order valence-corrected chi connectivity index (χ4v) is 5.58. The van der Waals surface area contributed by atoms with Gasteiger partial charge in [-0.2, -0.15) is 17.5 Å². The fourth-order valence-electron chi connectivity index (χ4n) is 3.34. The van der Waals surface area contributed by atoms with Gasteiger partial charge in [-0.1, -0.05) is 29.3 Å². The summed E-state index contributed by atoms with van der Waals surface area (Å²) < 4.78 is 42.8. The number of likely N-dealkylation sites (tertiary alicyclic amines) is 1. The van der Waals surface area contributed by atoms with Crippen molar-refractivity contribution >= 4 is 52.0 Å². The molecule has 0 unspecified atom stereocenters. The van der Waals surface area contributed by atoms with Crippen LogP contribution >= 0.6 is 46.1 Å². The lowest BCUT2D eigenvalue weighted by Gasteiger charge is -2.31. The molecule has 1 saturated heterocycles. The number of carbonyl (C=O) groups is 1. The van der Waals surface area contributed by atoms with Crippen molar-refractivity contribution in [2.45, 2.75) is 24.9 Å². The molecule has 0 spiro atoms. The summed E-state index contributed by atoms with van der Waals surface area (Å²) in [6.07, 6.45) is -3.10. The first-order valence-electron chi connectivity index (χ1n) is 8.97. The lowest BCUT2D eigenvalue weighted by molar-refractivity contribution is -0.137. The zero-order chi connectivity index (χ0) is 21.5. The number of hydrogen-bond donors (Lipinski definition) is 0. The molecule has 1 aliphatic rings. The van der Waals surface area contributed by atoms with E-state index in [1.807, 2.05) is 5.38 Å². The molecule has 4 rings (SSSR count). The van der Waals surface area contributed by atoms with Gasteiger partial charge in [0.1, 0.15) is 0 Å².